The normalized spacial score (nSPS) is 26.4. The highest BCUT2D eigenvalue weighted by atomic mass is 35.5. The summed E-state index contributed by atoms with van der Waals surface area (Å²) in [6.45, 7) is 12.2. The molecule has 0 spiro atoms. The molecule has 1 aromatic heterocycles. The fourth-order valence-electron chi connectivity index (χ4n) is 4.21. The van der Waals surface area contributed by atoms with Gasteiger partial charge in [-0.15, -0.1) is 12.4 Å². The molecule has 28 heavy (non-hydrogen) atoms. The van der Waals surface area contributed by atoms with Crippen molar-refractivity contribution >= 4 is 24.2 Å². The van der Waals surface area contributed by atoms with Gasteiger partial charge < -0.3 is 24.7 Å². The fraction of sp³-hybridized carbons (Fsp3) is 0.700. The summed E-state index contributed by atoms with van der Waals surface area (Å²) < 4.78 is 11.2. The number of furan rings is 1. The third-order valence-corrected chi connectivity index (χ3v) is 6.34. The lowest BCUT2D eigenvalue weighted by Crippen LogP contribution is -2.76. The Bertz CT molecular complexity index is 740. The molecule has 2 heterocycles. The van der Waals surface area contributed by atoms with Crippen LogP contribution in [0.2, 0.25) is 0 Å². The van der Waals surface area contributed by atoms with Crippen LogP contribution < -0.4 is 5.73 Å². The molecule has 2 amide bonds. The first-order valence-corrected chi connectivity index (χ1v) is 9.68. The number of aryl methyl sites for hydroxylation is 2. The van der Waals surface area contributed by atoms with E-state index in [1.54, 1.807) is 22.8 Å². The summed E-state index contributed by atoms with van der Waals surface area (Å²) in [6, 6.07) is 1.77. The first kappa shape index (κ1) is 22.7. The van der Waals surface area contributed by atoms with Crippen molar-refractivity contribution in [2.24, 2.45) is 11.1 Å². The predicted octanol–water partition coefficient (Wildman–Crippen LogP) is 2.14. The van der Waals surface area contributed by atoms with Crippen molar-refractivity contribution in [3.05, 3.63) is 23.2 Å². The van der Waals surface area contributed by atoms with E-state index in [9.17, 15) is 9.59 Å². The molecule has 8 heteroatoms. The Hall–Kier alpha value is -1.57. The molecule has 0 bridgehead atoms. The van der Waals surface area contributed by atoms with E-state index in [4.69, 9.17) is 14.9 Å². The topological polar surface area (TPSA) is 89.0 Å². The van der Waals surface area contributed by atoms with Crippen molar-refractivity contribution in [3.63, 3.8) is 0 Å². The van der Waals surface area contributed by atoms with E-state index in [0.29, 0.717) is 50.5 Å². The van der Waals surface area contributed by atoms with Crippen molar-refractivity contribution in [2.45, 2.75) is 52.7 Å². The van der Waals surface area contributed by atoms with Crippen LogP contribution in [0, 0.1) is 19.3 Å². The van der Waals surface area contributed by atoms with E-state index in [2.05, 4.69) is 0 Å². The molecular formula is C20H32ClN3O4. The van der Waals surface area contributed by atoms with Gasteiger partial charge in [0.25, 0.3) is 5.91 Å². The number of piperazine rings is 1. The molecule has 0 radical (unpaired) electrons. The lowest BCUT2D eigenvalue weighted by Gasteiger charge is -2.59. The molecule has 2 N–H and O–H groups in total. The first-order chi connectivity index (χ1) is 12.6. The van der Waals surface area contributed by atoms with Gasteiger partial charge in [-0.2, -0.15) is 0 Å². The number of hydrogen-bond acceptors (Lipinski definition) is 5. The Kier molecular flexibility index (Phi) is 6.53. The molecule has 7 nitrogen and oxygen atoms in total. The highest BCUT2D eigenvalue weighted by Crippen LogP contribution is 2.50. The minimum absolute atomic E-state index is 0. The molecule has 1 aromatic rings. The minimum atomic E-state index is -0.905. The van der Waals surface area contributed by atoms with Crippen LogP contribution in [-0.2, 0) is 9.53 Å². The molecule has 158 valence electrons. The molecule has 1 saturated carbocycles. The zero-order valence-corrected chi connectivity index (χ0v) is 18.2. The van der Waals surface area contributed by atoms with Gasteiger partial charge in [-0.05, 0) is 26.8 Å². The smallest absolute Gasteiger partial charge is 0.257 e. The van der Waals surface area contributed by atoms with Crippen LogP contribution in [0.25, 0.3) is 0 Å². The minimum Gasteiger partial charge on any atom is -0.466 e. The summed E-state index contributed by atoms with van der Waals surface area (Å²) in [5.74, 6) is 1.28. The average molecular weight is 414 g/mol. The lowest BCUT2D eigenvalue weighted by molar-refractivity contribution is -0.180. The fourth-order valence-corrected chi connectivity index (χ4v) is 4.21. The number of nitrogens with zero attached hydrogens (tertiary/aromatic N) is 2. The Balaban J connectivity index is 0.00000280. The van der Waals surface area contributed by atoms with Gasteiger partial charge in [-0.1, -0.05) is 13.8 Å². The second-order valence-corrected chi connectivity index (χ2v) is 8.25. The van der Waals surface area contributed by atoms with Crippen LogP contribution in [0.15, 0.2) is 10.5 Å². The largest absolute Gasteiger partial charge is 0.466 e. The summed E-state index contributed by atoms with van der Waals surface area (Å²) in [7, 11) is 0. The van der Waals surface area contributed by atoms with Crippen molar-refractivity contribution < 1.29 is 18.7 Å². The number of ether oxygens (including phenoxy) is 1. The van der Waals surface area contributed by atoms with Crippen LogP contribution in [0.3, 0.4) is 0 Å². The molecule has 1 aliphatic heterocycles. The van der Waals surface area contributed by atoms with E-state index in [1.165, 1.54) is 0 Å². The standard InChI is InChI=1S/C20H31N3O4.ClH/c1-6-26-16-12-20(21,19(16,4)5)18(25)23-9-7-22(8-10-23)17(24)15-11-13(2)27-14(15)3;/h11,16H,6-10,12,21H2,1-5H3;1H. The van der Waals surface area contributed by atoms with E-state index < -0.39 is 11.0 Å². The number of halogens is 1. The summed E-state index contributed by atoms with van der Waals surface area (Å²) >= 11 is 0. The third-order valence-electron chi connectivity index (χ3n) is 6.34. The maximum atomic E-state index is 13.1. The van der Waals surface area contributed by atoms with Crippen LogP contribution >= 0.6 is 12.4 Å². The van der Waals surface area contributed by atoms with E-state index in [1.807, 2.05) is 27.7 Å². The lowest BCUT2D eigenvalue weighted by atomic mass is 9.54. The Morgan fingerprint density at radius 3 is 2.25 bits per heavy atom. The summed E-state index contributed by atoms with van der Waals surface area (Å²) in [4.78, 5) is 29.4. The van der Waals surface area contributed by atoms with Crippen LogP contribution in [0.4, 0.5) is 0 Å². The Morgan fingerprint density at radius 1 is 1.21 bits per heavy atom. The Morgan fingerprint density at radius 2 is 1.79 bits per heavy atom. The van der Waals surface area contributed by atoms with E-state index in [-0.39, 0.29) is 30.3 Å². The molecular weight excluding hydrogens is 382 g/mol. The zero-order valence-electron chi connectivity index (χ0n) is 17.4. The molecule has 1 saturated heterocycles. The zero-order chi connectivity index (χ0) is 20.0. The van der Waals surface area contributed by atoms with Crippen molar-refractivity contribution in [1.82, 2.24) is 9.80 Å². The number of carbonyl (C=O) groups is 2. The van der Waals surface area contributed by atoms with Crippen LogP contribution in [0.5, 0.6) is 0 Å². The molecule has 2 atom stereocenters. The van der Waals surface area contributed by atoms with Crippen molar-refractivity contribution in [3.8, 4) is 0 Å². The summed E-state index contributed by atoms with van der Waals surface area (Å²) in [5.41, 5.74) is 5.81. The van der Waals surface area contributed by atoms with Crippen LogP contribution in [0.1, 0.15) is 49.1 Å². The second kappa shape index (κ2) is 8.05. The van der Waals surface area contributed by atoms with E-state index >= 15 is 0 Å². The monoisotopic (exact) mass is 413 g/mol. The summed E-state index contributed by atoms with van der Waals surface area (Å²) in [6.07, 6.45) is 0.547. The highest BCUT2D eigenvalue weighted by Gasteiger charge is 2.63. The number of nitrogens with two attached hydrogens (primary N) is 1. The number of carbonyl (C=O) groups excluding carboxylic acids is 2. The number of hydrogen-bond donors (Lipinski definition) is 1. The Labute approximate surface area is 173 Å². The van der Waals surface area contributed by atoms with Gasteiger partial charge in [0.15, 0.2) is 0 Å². The first-order valence-electron chi connectivity index (χ1n) is 9.68. The highest BCUT2D eigenvalue weighted by molar-refractivity contribution is 5.95. The summed E-state index contributed by atoms with van der Waals surface area (Å²) in [5, 5.41) is 0. The molecule has 2 fully saturated rings. The van der Waals surface area contributed by atoms with Gasteiger partial charge in [0.1, 0.15) is 17.1 Å². The molecule has 2 unspecified atom stereocenters. The second-order valence-electron chi connectivity index (χ2n) is 8.25. The van der Waals surface area contributed by atoms with Crippen molar-refractivity contribution in [2.75, 3.05) is 32.8 Å². The molecule has 3 rings (SSSR count). The average Bonchev–Trinajstić information content (AvgIpc) is 2.98. The number of rotatable bonds is 4. The predicted molar refractivity (Wildman–Crippen MR) is 109 cm³/mol. The van der Waals surface area contributed by atoms with Gasteiger partial charge in [0, 0.05) is 44.6 Å². The van der Waals surface area contributed by atoms with Gasteiger partial charge >= 0.3 is 0 Å². The quantitative estimate of drug-likeness (QED) is 0.816. The molecule has 2 aliphatic rings. The maximum absolute atomic E-state index is 13.1. The van der Waals surface area contributed by atoms with Gasteiger partial charge in [-0.3, -0.25) is 9.59 Å². The van der Waals surface area contributed by atoms with Gasteiger partial charge in [0.05, 0.1) is 11.7 Å². The molecule has 0 aromatic carbocycles. The SMILES string of the molecule is CCOC1CC(N)(C(=O)N2CCN(C(=O)c3cc(C)oc3C)CC2)C1(C)C.Cl. The van der Waals surface area contributed by atoms with Crippen molar-refractivity contribution in [1.29, 1.82) is 0 Å². The number of amides is 2. The van der Waals surface area contributed by atoms with Crippen LogP contribution in [-0.4, -0.2) is 66.0 Å². The van der Waals surface area contributed by atoms with E-state index in [0.717, 1.165) is 5.76 Å². The molecule has 1 aliphatic carbocycles. The van der Waals surface area contributed by atoms with Gasteiger partial charge in [-0.25, -0.2) is 0 Å². The maximum Gasteiger partial charge on any atom is 0.257 e. The third kappa shape index (κ3) is 3.55. The van der Waals surface area contributed by atoms with Gasteiger partial charge in [0.2, 0.25) is 5.91 Å².